The van der Waals surface area contributed by atoms with Crippen LogP contribution in [-0.2, 0) is 4.79 Å². The molecular formula is C31H19N2O4-. The van der Waals surface area contributed by atoms with Crippen molar-refractivity contribution in [3.63, 3.8) is 0 Å². The van der Waals surface area contributed by atoms with Crippen LogP contribution >= 0.6 is 0 Å². The third-order valence-electron chi connectivity index (χ3n) is 6.55. The molecule has 6 nitrogen and oxygen atoms in total. The van der Waals surface area contributed by atoms with Gasteiger partial charge in [-0.15, -0.1) is 0 Å². The van der Waals surface area contributed by atoms with Crippen LogP contribution < -0.4 is 16.0 Å². The highest BCUT2D eigenvalue weighted by molar-refractivity contribution is 6.36. The lowest BCUT2D eigenvalue weighted by Crippen LogP contribution is -2.27. The SMILES string of the molecule is O=C1Nc2c(ccc3ccccc23)C(=O)C1=CC=CC=Cc1c([O-])c2ccc3ccccc3c2[nH]c1=O. The van der Waals surface area contributed by atoms with E-state index in [9.17, 15) is 19.5 Å². The number of aromatic amines is 1. The van der Waals surface area contributed by atoms with Crippen molar-refractivity contribution in [2.45, 2.75) is 0 Å². The average molecular weight is 484 g/mol. The summed E-state index contributed by atoms with van der Waals surface area (Å²) in [5.74, 6) is -1.21. The number of carbonyl (C=O) groups excluding carboxylic acids is 2. The van der Waals surface area contributed by atoms with Crippen LogP contribution in [0.4, 0.5) is 5.69 Å². The Balaban J connectivity index is 1.29. The van der Waals surface area contributed by atoms with Crippen molar-refractivity contribution in [3.8, 4) is 5.75 Å². The van der Waals surface area contributed by atoms with E-state index < -0.39 is 11.5 Å². The van der Waals surface area contributed by atoms with Crippen LogP contribution in [-0.4, -0.2) is 16.7 Å². The fourth-order valence-corrected chi connectivity index (χ4v) is 4.72. The Bertz CT molecular complexity index is 1930. The lowest BCUT2D eigenvalue weighted by atomic mass is 9.93. The molecule has 178 valence electrons. The lowest BCUT2D eigenvalue weighted by molar-refractivity contribution is -0.266. The Hall–Kier alpha value is -5.23. The van der Waals surface area contributed by atoms with E-state index in [1.54, 1.807) is 18.2 Å². The number of allylic oxidation sites excluding steroid dienone is 4. The van der Waals surface area contributed by atoms with Crippen LogP contribution in [0.3, 0.4) is 0 Å². The van der Waals surface area contributed by atoms with Crippen molar-refractivity contribution in [3.05, 3.63) is 124 Å². The van der Waals surface area contributed by atoms with E-state index in [-0.39, 0.29) is 22.7 Å². The van der Waals surface area contributed by atoms with E-state index in [2.05, 4.69) is 10.3 Å². The molecule has 2 heterocycles. The summed E-state index contributed by atoms with van der Waals surface area (Å²) in [7, 11) is 0. The molecular weight excluding hydrogens is 464 g/mol. The summed E-state index contributed by atoms with van der Waals surface area (Å²) in [6.07, 6.45) is 7.47. The quantitative estimate of drug-likeness (QED) is 0.159. The average Bonchev–Trinajstić information content (AvgIpc) is 2.91. The van der Waals surface area contributed by atoms with Gasteiger partial charge < -0.3 is 15.4 Å². The predicted octanol–water partition coefficient (Wildman–Crippen LogP) is 5.24. The van der Waals surface area contributed by atoms with Crippen molar-refractivity contribution in [2.24, 2.45) is 0 Å². The third-order valence-corrected chi connectivity index (χ3v) is 6.55. The molecule has 1 amide bonds. The number of H-pyrrole nitrogens is 1. The number of aromatic nitrogens is 1. The molecule has 0 atom stereocenters. The van der Waals surface area contributed by atoms with E-state index in [1.807, 2.05) is 60.7 Å². The second kappa shape index (κ2) is 8.77. The molecule has 0 radical (unpaired) electrons. The minimum absolute atomic E-state index is 0.00683. The summed E-state index contributed by atoms with van der Waals surface area (Å²) in [5, 5.41) is 19.7. The van der Waals surface area contributed by atoms with Crippen molar-refractivity contribution in [1.29, 1.82) is 0 Å². The molecule has 6 rings (SSSR count). The molecule has 0 unspecified atom stereocenters. The first-order chi connectivity index (χ1) is 18.0. The number of nitrogens with one attached hydrogen (secondary N) is 2. The first-order valence-electron chi connectivity index (χ1n) is 11.7. The van der Waals surface area contributed by atoms with Gasteiger partial charge in [-0.25, -0.2) is 0 Å². The molecule has 0 bridgehead atoms. The fourth-order valence-electron chi connectivity index (χ4n) is 4.72. The molecule has 0 saturated heterocycles. The number of pyridine rings is 1. The van der Waals surface area contributed by atoms with E-state index in [4.69, 9.17) is 0 Å². The highest BCUT2D eigenvalue weighted by Crippen LogP contribution is 2.33. The van der Waals surface area contributed by atoms with Gasteiger partial charge in [0.25, 0.3) is 11.5 Å². The summed E-state index contributed by atoms with van der Waals surface area (Å²) >= 11 is 0. The van der Waals surface area contributed by atoms with Crippen LogP contribution in [0, 0.1) is 0 Å². The maximum atomic E-state index is 13.0. The number of amides is 1. The highest BCUT2D eigenvalue weighted by atomic mass is 16.3. The molecule has 0 fully saturated rings. The molecule has 37 heavy (non-hydrogen) atoms. The number of rotatable bonds is 3. The largest absolute Gasteiger partial charge is 0.871 e. The topological polar surface area (TPSA) is 102 Å². The van der Waals surface area contributed by atoms with Crippen LogP contribution in [0.5, 0.6) is 5.75 Å². The van der Waals surface area contributed by atoms with E-state index in [0.717, 1.165) is 21.5 Å². The zero-order valence-corrected chi connectivity index (χ0v) is 19.4. The third kappa shape index (κ3) is 3.72. The Morgan fingerprint density at radius 1 is 0.703 bits per heavy atom. The maximum Gasteiger partial charge on any atom is 0.259 e. The Morgan fingerprint density at radius 3 is 2.22 bits per heavy atom. The zero-order chi connectivity index (χ0) is 25.5. The first kappa shape index (κ1) is 22.2. The number of hydrogen-bond acceptors (Lipinski definition) is 4. The van der Waals surface area contributed by atoms with Gasteiger partial charge in [0.1, 0.15) is 0 Å². The zero-order valence-electron chi connectivity index (χ0n) is 19.4. The van der Waals surface area contributed by atoms with Crippen molar-refractivity contribution >= 4 is 55.9 Å². The molecule has 0 aliphatic carbocycles. The highest BCUT2D eigenvalue weighted by Gasteiger charge is 2.29. The first-order valence-corrected chi connectivity index (χ1v) is 11.7. The van der Waals surface area contributed by atoms with Gasteiger partial charge in [0.15, 0.2) is 0 Å². The van der Waals surface area contributed by atoms with Gasteiger partial charge in [0, 0.05) is 21.9 Å². The number of ketones is 1. The molecule has 4 aromatic carbocycles. The molecule has 1 aliphatic heterocycles. The van der Waals surface area contributed by atoms with Gasteiger partial charge in [-0.2, -0.15) is 0 Å². The molecule has 5 aromatic rings. The normalized spacial score (nSPS) is 14.9. The standard InChI is InChI=1S/C31H20N2O4/c34-28-22-16-14-18-8-4-6-10-20(18)26(22)32-30(36)24(28)12-2-1-3-13-25-29(35)23-17-15-19-9-5-7-11-21(19)27(23)33-31(25)37/h1-17H,(H,32,36)(H2,33,35,37)/p-1. The number of fused-ring (bicyclic) bond motifs is 6. The monoisotopic (exact) mass is 483 g/mol. The summed E-state index contributed by atoms with van der Waals surface area (Å²) in [5.41, 5.74) is 0.989. The maximum absolute atomic E-state index is 13.0. The Morgan fingerprint density at radius 2 is 1.41 bits per heavy atom. The predicted molar refractivity (Wildman–Crippen MR) is 145 cm³/mol. The Labute approximate surface area is 210 Å². The summed E-state index contributed by atoms with van der Waals surface area (Å²) in [4.78, 5) is 41.2. The van der Waals surface area contributed by atoms with Gasteiger partial charge in [-0.3, -0.25) is 14.4 Å². The Kier molecular flexibility index (Phi) is 5.27. The lowest BCUT2D eigenvalue weighted by Gasteiger charge is -2.19. The molecule has 2 N–H and O–H groups in total. The number of Topliss-reactive ketones (excluding diaryl/α,β-unsaturated/α-hetero) is 1. The van der Waals surface area contributed by atoms with E-state index in [0.29, 0.717) is 22.2 Å². The summed E-state index contributed by atoms with van der Waals surface area (Å²) in [6, 6.07) is 22.2. The molecule has 6 heteroatoms. The minimum atomic E-state index is -0.484. The van der Waals surface area contributed by atoms with E-state index in [1.165, 1.54) is 24.3 Å². The van der Waals surface area contributed by atoms with Crippen LogP contribution in [0.2, 0.25) is 0 Å². The number of anilines is 1. The second-order valence-corrected chi connectivity index (χ2v) is 8.72. The van der Waals surface area contributed by atoms with Crippen LogP contribution in [0.25, 0.3) is 38.5 Å². The van der Waals surface area contributed by atoms with Gasteiger partial charge in [0.05, 0.1) is 16.8 Å². The second-order valence-electron chi connectivity index (χ2n) is 8.72. The number of carbonyl (C=O) groups is 2. The molecule has 0 spiro atoms. The van der Waals surface area contributed by atoms with Gasteiger partial charge >= 0.3 is 0 Å². The van der Waals surface area contributed by atoms with Crippen molar-refractivity contribution in [2.75, 3.05) is 5.32 Å². The van der Waals surface area contributed by atoms with Crippen LogP contribution in [0.15, 0.2) is 107 Å². The molecule has 1 aromatic heterocycles. The van der Waals surface area contributed by atoms with Gasteiger partial charge in [-0.1, -0.05) is 96.8 Å². The molecule has 1 aliphatic rings. The van der Waals surface area contributed by atoms with Crippen molar-refractivity contribution < 1.29 is 14.7 Å². The number of hydrogen-bond donors (Lipinski definition) is 2. The van der Waals surface area contributed by atoms with Crippen LogP contribution in [0.1, 0.15) is 15.9 Å². The smallest absolute Gasteiger partial charge is 0.259 e. The summed E-state index contributed by atoms with van der Waals surface area (Å²) in [6.45, 7) is 0. The van der Waals surface area contributed by atoms with Crippen molar-refractivity contribution in [1.82, 2.24) is 4.98 Å². The van der Waals surface area contributed by atoms with E-state index >= 15 is 0 Å². The van der Waals surface area contributed by atoms with Gasteiger partial charge in [-0.05, 0) is 28.3 Å². The fraction of sp³-hybridized carbons (Fsp3) is 0. The number of benzene rings is 4. The van der Waals surface area contributed by atoms with Gasteiger partial charge in [0.2, 0.25) is 5.78 Å². The minimum Gasteiger partial charge on any atom is -0.871 e. The summed E-state index contributed by atoms with van der Waals surface area (Å²) < 4.78 is 0. The molecule has 0 saturated carbocycles.